The molecular formula is C7H7BrN2O2. The molecule has 0 unspecified atom stereocenters. The second kappa shape index (κ2) is 3.62. The first kappa shape index (κ1) is 9.12. The lowest BCUT2D eigenvalue weighted by atomic mass is 10.2. The van der Waals surface area contributed by atoms with Crippen molar-refractivity contribution in [1.82, 2.24) is 4.98 Å². The third kappa shape index (κ3) is 1.79. The molecular weight excluding hydrogens is 224 g/mol. The molecule has 0 spiro atoms. The van der Waals surface area contributed by atoms with Gasteiger partial charge in [-0.15, -0.1) is 0 Å². The fraction of sp³-hybridized carbons (Fsp3) is 0.286. The molecule has 0 bridgehead atoms. The van der Waals surface area contributed by atoms with Crippen LogP contribution in [0.1, 0.15) is 12.6 Å². The predicted octanol–water partition coefficient (Wildman–Crippen LogP) is 2.31. The zero-order chi connectivity index (χ0) is 9.14. The van der Waals surface area contributed by atoms with Gasteiger partial charge in [-0.05, 0) is 28.4 Å². The van der Waals surface area contributed by atoms with Crippen molar-refractivity contribution in [2.75, 3.05) is 0 Å². The summed E-state index contributed by atoms with van der Waals surface area (Å²) in [6.07, 6.45) is 0.565. The highest BCUT2D eigenvalue weighted by Gasteiger charge is 2.12. The second-order valence-corrected chi connectivity index (χ2v) is 3.02. The summed E-state index contributed by atoms with van der Waals surface area (Å²) in [4.78, 5) is 14.0. The molecule has 0 atom stereocenters. The number of pyridine rings is 1. The molecule has 1 heterocycles. The summed E-state index contributed by atoms with van der Waals surface area (Å²) in [5.74, 6) is 0. The normalized spacial score (nSPS) is 9.83. The van der Waals surface area contributed by atoms with Crippen LogP contribution in [0, 0.1) is 10.1 Å². The van der Waals surface area contributed by atoms with Crippen molar-refractivity contribution in [1.29, 1.82) is 0 Å². The lowest BCUT2D eigenvalue weighted by Crippen LogP contribution is -1.97. The van der Waals surface area contributed by atoms with Crippen LogP contribution in [0.25, 0.3) is 0 Å². The van der Waals surface area contributed by atoms with Crippen LogP contribution in [0.3, 0.4) is 0 Å². The van der Waals surface area contributed by atoms with E-state index in [0.717, 1.165) is 0 Å². The standard InChI is InChI=1S/C7H7BrN2O2/c1-2-5-6(10(11)12)3-4-7(8)9-5/h3-4H,2H2,1H3. The van der Waals surface area contributed by atoms with Gasteiger partial charge in [0, 0.05) is 6.07 Å². The zero-order valence-electron chi connectivity index (χ0n) is 6.45. The minimum absolute atomic E-state index is 0.0840. The highest BCUT2D eigenvalue weighted by molar-refractivity contribution is 9.10. The van der Waals surface area contributed by atoms with Crippen molar-refractivity contribution in [3.8, 4) is 0 Å². The Kier molecular flexibility index (Phi) is 2.75. The number of aryl methyl sites for hydroxylation is 1. The molecule has 0 saturated carbocycles. The van der Waals surface area contributed by atoms with Gasteiger partial charge in [-0.1, -0.05) is 6.92 Å². The highest BCUT2D eigenvalue weighted by atomic mass is 79.9. The quantitative estimate of drug-likeness (QED) is 0.445. The summed E-state index contributed by atoms with van der Waals surface area (Å²) in [7, 11) is 0. The summed E-state index contributed by atoms with van der Waals surface area (Å²) in [5.41, 5.74) is 0.593. The first-order valence-electron chi connectivity index (χ1n) is 3.45. The molecule has 1 aromatic heterocycles. The summed E-state index contributed by atoms with van der Waals surface area (Å²) in [6.45, 7) is 1.84. The van der Waals surface area contributed by atoms with Gasteiger partial charge in [0.15, 0.2) is 0 Å². The lowest BCUT2D eigenvalue weighted by Gasteiger charge is -1.98. The van der Waals surface area contributed by atoms with Crippen LogP contribution >= 0.6 is 15.9 Å². The van der Waals surface area contributed by atoms with Crippen LogP contribution in [0.4, 0.5) is 5.69 Å². The first-order chi connectivity index (χ1) is 5.65. The van der Waals surface area contributed by atoms with Gasteiger partial charge in [0.1, 0.15) is 10.3 Å². The Hall–Kier alpha value is -0.970. The van der Waals surface area contributed by atoms with Crippen LogP contribution in [0.15, 0.2) is 16.7 Å². The molecule has 0 amide bonds. The van der Waals surface area contributed by atoms with E-state index in [0.29, 0.717) is 16.7 Å². The Bertz CT molecular complexity index is 314. The molecule has 1 rings (SSSR count). The van der Waals surface area contributed by atoms with E-state index in [-0.39, 0.29) is 5.69 Å². The SMILES string of the molecule is CCc1nc(Br)ccc1[N+](=O)[O-]. The molecule has 0 fully saturated rings. The van der Waals surface area contributed by atoms with E-state index in [4.69, 9.17) is 0 Å². The Morgan fingerprint density at radius 1 is 1.67 bits per heavy atom. The van der Waals surface area contributed by atoms with E-state index in [1.54, 1.807) is 6.07 Å². The monoisotopic (exact) mass is 230 g/mol. The maximum atomic E-state index is 10.4. The van der Waals surface area contributed by atoms with E-state index >= 15 is 0 Å². The van der Waals surface area contributed by atoms with Crippen molar-refractivity contribution in [3.63, 3.8) is 0 Å². The number of nitro groups is 1. The third-order valence-corrected chi connectivity index (χ3v) is 1.89. The maximum Gasteiger partial charge on any atom is 0.290 e. The smallest absolute Gasteiger partial charge is 0.258 e. The third-order valence-electron chi connectivity index (χ3n) is 1.45. The summed E-state index contributed by atoms with van der Waals surface area (Å²) in [5, 5.41) is 10.4. The molecule has 0 aliphatic carbocycles. The minimum Gasteiger partial charge on any atom is -0.258 e. The van der Waals surface area contributed by atoms with Gasteiger partial charge in [0.2, 0.25) is 0 Å². The topological polar surface area (TPSA) is 56.0 Å². The molecule has 0 saturated heterocycles. The van der Waals surface area contributed by atoms with Gasteiger partial charge in [0.05, 0.1) is 4.92 Å². The molecule has 64 valence electrons. The molecule has 12 heavy (non-hydrogen) atoms. The molecule has 1 aromatic rings. The zero-order valence-corrected chi connectivity index (χ0v) is 8.04. The second-order valence-electron chi connectivity index (χ2n) is 2.21. The average molecular weight is 231 g/mol. The Labute approximate surface area is 77.9 Å². The predicted molar refractivity (Wildman–Crippen MR) is 48.0 cm³/mol. The maximum absolute atomic E-state index is 10.4. The number of halogens is 1. The van der Waals surface area contributed by atoms with Crippen LogP contribution in [0.5, 0.6) is 0 Å². The van der Waals surface area contributed by atoms with Crippen molar-refractivity contribution in [2.45, 2.75) is 13.3 Å². The lowest BCUT2D eigenvalue weighted by molar-refractivity contribution is -0.385. The Morgan fingerprint density at radius 2 is 2.33 bits per heavy atom. The molecule has 0 aliphatic heterocycles. The number of nitrogens with zero attached hydrogens (tertiary/aromatic N) is 2. The van der Waals surface area contributed by atoms with Crippen LogP contribution in [-0.2, 0) is 6.42 Å². The number of hydrogen-bond donors (Lipinski definition) is 0. The summed E-state index contributed by atoms with van der Waals surface area (Å²) < 4.78 is 0.630. The van der Waals surface area contributed by atoms with Gasteiger partial charge >= 0.3 is 0 Å². The Balaban J connectivity index is 3.20. The van der Waals surface area contributed by atoms with Crippen LogP contribution in [-0.4, -0.2) is 9.91 Å². The van der Waals surface area contributed by atoms with E-state index in [2.05, 4.69) is 20.9 Å². The van der Waals surface area contributed by atoms with Crippen molar-refractivity contribution in [2.24, 2.45) is 0 Å². The fourth-order valence-electron chi connectivity index (χ4n) is 0.894. The Morgan fingerprint density at radius 3 is 2.83 bits per heavy atom. The molecule has 5 heteroatoms. The fourth-order valence-corrected chi connectivity index (χ4v) is 1.24. The van der Waals surface area contributed by atoms with E-state index in [1.165, 1.54) is 6.07 Å². The van der Waals surface area contributed by atoms with Crippen molar-refractivity contribution < 1.29 is 4.92 Å². The van der Waals surface area contributed by atoms with Gasteiger partial charge in [-0.25, -0.2) is 4.98 Å². The minimum atomic E-state index is -0.418. The van der Waals surface area contributed by atoms with Crippen LogP contribution < -0.4 is 0 Å². The van der Waals surface area contributed by atoms with Gasteiger partial charge < -0.3 is 0 Å². The number of hydrogen-bond acceptors (Lipinski definition) is 3. The van der Waals surface area contributed by atoms with Crippen molar-refractivity contribution >= 4 is 21.6 Å². The van der Waals surface area contributed by atoms with Crippen LogP contribution in [0.2, 0.25) is 0 Å². The van der Waals surface area contributed by atoms with E-state index in [1.807, 2.05) is 6.92 Å². The summed E-state index contributed by atoms with van der Waals surface area (Å²) in [6, 6.07) is 3.02. The highest BCUT2D eigenvalue weighted by Crippen LogP contribution is 2.19. The van der Waals surface area contributed by atoms with E-state index in [9.17, 15) is 10.1 Å². The molecule has 0 N–H and O–H groups in total. The van der Waals surface area contributed by atoms with Gasteiger partial charge in [0.25, 0.3) is 5.69 Å². The van der Waals surface area contributed by atoms with Gasteiger partial charge in [-0.2, -0.15) is 0 Å². The number of rotatable bonds is 2. The van der Waals surface area contributed by atoms with Gasteiger partial charge in [-0.3, -0.25) is 10.1 Å². The first-order valence-corrected chi connectivity index (χ1v) is 4.24. The average Bonchev–Trinajstić information content (AvgIpc) is 2.03. The molecule has 0 radical (unpaired) electrons. The molecule has 0 aliphatic rings. The largest absolute Gasteiger partial charge is 0.290 e. The van der Waals surface area contributed by atoms with E-state index < -0.39 is 4.92 Å². The molecule has 4 nitrogen and oxygen atoms in total. The summed E-state index contributed by atoms with van der Waals surface area (Å²) >= 11 is 3.15. The molecule has 0 aromatic carbocycles. The van der Waals surface area contributed by atoms with Crippen molar-refractivity contribution in [3.05, 3.63) is 32.5 Å². The number of aromatic nitrogens is 1.